The minimum atomic E-state index is -0.652. The summed E-state index contributed by atoms with van der Waals surface area (Å²) in [6, 6.07) is 6.77. The third kappa shape index (κ3) is 3.68. The van der Waals surface area contributed by atoms with Gasteiger partial charge in [-0.05, 0) is 24.3 Å². The number of amides is 2. The van der Waals surface area contributed by atoms with Crippen LogP contribution in [0.25, 0.3) is 0 Å². The molecule has 0 fully saturated rings. The van der Waals surface area contributed by atoms with E-state index in [-0.39, 0.29) is 6.42 Å². The second-order valence-electron chi connectivity index (χ2n) is 2.92. The molecule has 0 saturated heterocycles. The second kappa shape index (κ2) is 4.99. The van der Waals surface area contributed by atoms with E-state index in [4.69, 9.17) is 10.5 Å². The summed E-state index contributed by atoms with van der Waals surface area (Å²) in [5.41, 5.74) is 5.47. The smallest absolute Gasteiger partial charge is 0.233 e. The van der Waals surface area contributed by atoms with E-state index in [0.29, 0.717) is 11.4 Å². The maximum atomic E-state index is 11.1. The number of hydrogen-bond donors (Lipinski definition) is 2. The van der Waals surface area contributed by atoms with E-state index in [1.54, 1.807) is 31.4 Å². The predicted molar refractivity (Wildman–Crippen MR) is 55.4 cm³/mol. The van der Waals surface area contributed by atoms with E-state index in [9.17, 15) is 9.59 Å². The van der Waals surface area contributed by atoms with Gasteiger partial charge in [0.25, 0.3) is 0 Å². The molecule has 1 aromatic rings. The molecular formula is C10H12N2O3. The minimum absolute atomic E-state index is 0.313. The molecule has 1 aromatic carbocycles. The largest absolute Gasteiger partial charge is 0.497 e. The lowest BCUT2D eigenvalue weighted by Crippen LogP contribution is -2.21. The zero-order valence-electron chi connectivity index (χ0n) is 8.32. The molecule has 0 atom stereocenters. The van der Waals surface area contributed by atoms with Crippen LogP contribution >= 0.6 is 0 Å². The predicted octanol–water partition coefficient (Wildman–Crippen LogP) is 0.509. The number of primary amides is 1. The standard InChI is InChI=1S/C10H12N2O3/c1-15-8-4-2-7(3-5-8)12-10(14)6-9(11)13/h2-5H,6H2,1H3,(H2,11,13)(H,12,14). The van der Waals surface area contributed by atoms with Crippen LogP contribution < -0.4 is 15.8 Å². The number of methoxy groups -OCH3 is 1. The van der Waals surface area contributed by atoms with Gasteiger partial charge in [0.15, 0.2) is 0 Å². The number of nitrogens with two attached hydrogens (primary N) is 1. The van der Waals surface area contributed by atoms with Gasteiger partial charge in [-0.1, -0.05) is 0 Å². The van der Waals surface area contributed by atoms with Crippen molar-refractivity contribution in [3.8, 4) is 5.75 Å². The fourth-order valence-electron chi connectivity index (χ4n) is 1.04. The van der Waals surface area contributed by atoms with E-state index in [1.165, 1.54) is 0 Å². The Morgan fingerprint density at radius 2 is 1.93 bits per heavy atom. The minimum Gasteiger partial charge on any atom is -0.497 e. The van der Waals surface area contributed by atoms with Crippen LogP contribution in [0.3, 0.4) is 0 Å². The summed E-state index contributed by atoms with van der Waals surface area (Å²) in [7, 11) is 1.56. The molecule has 5 heteroatoms. The first-order valence-corrected chi connectivity index (χ1v) is 4.34. The van der Waals surface area contributed by atoms with E-state index in [1.807, 2.05) is 0 Å². The number of hydrogen-bond acceptors (Lipinski definition) is 3. The van der Waals surface area contributed by atoms with Crippen molar-refractivity contribution < 1.29 is 14.3 Å². The highest BCUT2D eigenvalue weighted by atomic mass is 16.5. The molecule has 2 amide bonds. The summed E-state index contributed by atoms with van der Waals surface area (Å²) in [5, 5.41) is 2.53. The van der Waals surface area contributed by atoms with Gasteiger partial charge >= 0.3 is 0 Å². The van der Waals surface area contributed by atoms with E-state index >= 15 is 0 Å². The van der Waals surface area contributed by atoms with Crippen LogP contribution in [0, 0.1) is 0 Å². The van der Waals surface area contributed by atoms with Gasteiger partial charge in [0.1, 0.15) is 12.2 Å². The Morgan fingerprint density at radius 1 is 1.33 bits per heavy atom. The number of anilines is 1. The molecule has 0 bridgehead atoms. The Balaban J connectivity index is 2.57. The zero-order chi connectivity index (χ0) is 11.3. The highest BCUT2D eigenvalue weighted by Gasteiger charge is 2.05. The fraction of sp³-hybridized carbons (Fsp3) is 0.200. The number of benzene rings is 1. The van der Waals surface area contributed by atoms with Gasteiger partial charge in [0, 0.05) is 5.69 Å². The Hall–Kier alpha value is -2.04. The molecule has 1 rings (SSSR count). The molecule has 3 N–H and O–H groups in total. The van der Waals surface area contributed by atoms with Crippen LogP contribution in [0.5, 0.6) is 5.75 Å². The number of ether oxygens (including phenoxy) is 1. The lowest BCUT2D eigenvalue weighted by atomic mass is 10.3. The second-order valence-corrected chi connectivity index (χ2v) is 2.92. The van der Waals surface area contributed by atoms with Crippen LogP contribution in [-0.4, -0.2) is 18.9 Å². The van der Waals surface area contributed by atoms with Crippen molar-refractivity contribution in [2.45, 2.75) is 6.42 Å². The summed E-state index contributed by atoms with van der Waals surface area (Å²) in [5.74, 6) is -0.378. The monoisotopic (exact) mass is 208 g/mol. The first-order chi connectivity index (χ1) is 7.11. The summed E-state index contributed by atoms with van der Waals surface area (Å²) in [6.07, 6.45) is -0.313. The van der Waals surface area contributed by atoms with E-state index < -0.39 is 11.8 Å². The summed E-state index contributed by atoms with van der Waals surface area (Å²) in [4.78, 5) is 21.6. The average molecular weight is 208 g/mol. The maximum Gasteiger partial charge on any atom is 0.233 e. The van der Waals surface area contributed by atoms with E-state index in [2.05, 4.69) is 5.32 Å². The summed E-state index contributed by atoms with van der Waals surface area (Å²) in [6.45, 7) is 0. The van der Waals surface area contributed by atoms with Gasteiger partial charge in [0.2, 0.25) is 11.8 Å². The van der Waals surface area contributed by atoms with Gasteiger partial charge in [-0.2, -0.15) is 0 Å². The highest BCUT2D eigenvalue weighted by molar-refractivity contribution is 6.03. The van der Waals surface area contributed by atoms with Crippen molar-refractivity contribution in [3.05, 3.63) is 24.3 Å². The van der Waals surface area contributed by atoms with Crippen molar-refractivity contribution in [3.63, 3.8) is 0 Å². The molecule has 0 heterocycles. The molecule has 0 aromatic heterocycles. The van der Waals surface area contributed by atoms with Crippen molar-refractivity contribution in [2.24, 2.45) is 5.73 Å². The molecule has 0 aliphatic carbocycles. The van der Waals surface area contributed by atoms with Crippen LogP contribution in [0.2, 0.25) is 0 Å². The molecule has 0 radical (unpaired) electrons. The maximum absolute atomic E-state index is 11.1. The number of nitrogens with one attached hydrogen (secondary N) is 1. The molecule has 0 aliphatic rings. The lowest BCUT2D eigenvalue weighted by molar-refractivity contribution is -0.124. The third-order valence-corrected chi connectivity index (χ3v) is 1.71. The molecule has 15 heavy (non-hydrogen) atoms. The molecular weight excluding hydrogens is 196 g/mol. The number of carbonyl (C=O) groups excluding carboxylic acids is 2. The van der Waals surface area contributed by atoms with Crippen molar-refractivity contribution in [1.82, 2.24) is 0 Å². The lowest BCUT2D eigenvalue weighted by Gasteiger charge is -2.04. The Morgan fingerprint density at radius 3 is 2.40 bits per heavy atom. The molecule has 5 nitrogen and oxygen atoms in total. The number of rotatable bonds is 4. The van der Waals surface area contributed by atoms with Crippen molar-refractivity contribution in [2.75, 3.05) is 12.4 Å². The Kier molecular flexibility index (Phi) is 3.68. The van der Waals surface area contributed by atoms with Crippen LogP contribution in [0.15, 0.2) is 24.3 Å². The molecule has 0 aliphatic heterocycles. The van der Waals surface area contributed by atoms with Gasteiger partial charge in [-0.15, -0.1) is 0 Å². The van der Waals surface area contributed by atoms with Crippen molar-refractivity contribution in [1.29, 1.82) is 0 Å². The fourth-order valence-corrected chi connectivity index (χ4v) is 1.04. The Labute approximate surface area is 87.2 Å². The first kappa shape index (κ1) is 11.0. The summed E-state index contributed by atoms with van der Waals surface area (Å²) >= 11 is 0. The van der Waals surface area contributed by atoms with Crippen LogP contribution in [0.4, 0.5) is 5.69 Å². The Bertz CT molecular complexity index is 359. The SMILES string of the molecule is COc1ccc(NC(=O)CC(N)=O)cc1. The van der Waals surface area contributed by atoms with Crippen molar-refractivity contribution >= 4 is 17.5 Å². The highest BCUT2D eigenvalue weighted by Crippen LogP contribution is 2.14. The van der Waals surface area contributed by atoms with Gasteiger partial charge in [0.05, 0.1) is 7.11 Å². The van der Waals surface area contributed by atoms with E-state index in [0.717, 1.165) is 0 Å². The van der Waals surface area contributed by atoms with Crippen LogP contribution in [0.1, 0.15) is 6.42 Å². The van der Waals surface area contributed by atoms with Gasteiger partial charge < -0.3 is 15.8 Å². The third-order valence-electron chi connectivity index (χ3n) is 1.71. The molecule has 0 unspecified atom stereocenters. The van der Waals surface area contributed by atoms with Gasteiger partial charge in [-0.25, -0.2) is 0 Å². The number of carbonyl (C=O) groups is 2. The van der Waals surface area contributed by atoms with Crippen LogP contribution in [-0.2, 0) is 9.59 Å². The molecule has 80 valence electrons. The normalized spacial score (nSPS) is 9.40. The van der Waals surface area contributed by atoms with Gasteiger partial charge in [-0.3, -0.25) is 9.59 Å². The molecule has 0 spiro atoms. The quantitative estimate of drug-likeness (QED) is 0.707. The topological polar surface area (TPSA) is 81.4 Å². The average Bonchev–Trinajstić information content (AvgIpc) is 2.17. The molecule has 0 saturated carbocycles. The first-order valence-electron chi connectivity index (χ1n) is 4.34. The zero-order valence-corrected chi connectivity index (χ0v) is 8.32. The summed E-state index contributed by atoms with van der Waals surface area (Å²) < 4.78 is 4.95.